The molecule has 1 N–H and O–H groups in total. The number of rotatable bonds is 5. The first-order valence-corrected chi connectivity index (χ1v) is 6.53. The number of nitrogens with one attached hydrogen (secondary N) is 1. The molecule has 5 heteroatoms. The molecule has 17 heavy (non-hydrogen) atoms. The summed E-state index contributed by atoms with van der Waals surface area (Å²) >= 11 is 2.21. The molecule has 96 valence electrons. The highest BCUT2D eigenvalue weighted by Crippen LogP contribution is 2.23. The lowest BCUT2D eigenvalue weighted by molar-refractivity contribution is -0.135. The van der Waals surface area contributed by atoms with Crippen LogP contribution in [0.1, 0.15) is 26.2 Å². The van der Waals surface area contributed by atoms with Gasteiger partial charge in [-0.3, -0.25) is 0 Å². The van der Waals surface area contributed by atoms with Crippen molar-refractivity contribution in [3.63, 3.8) is 0 Å². The fourth-order valence-corrected chi connectivity index (χ4v) is 1.87. The standard InChI is InChI=1S/C12H15F3IN/c1-9(3-2-8-12(13,14)15)17-11-6-4-10(16)5-7-11/h4-7,9,17H,2-3,8H2,1H3. The quantitative estimate of drug-likeness (QED) is 0.745. The molecule has 0 amide bonds. The summed E-state index contributed by atoms with van der Waals surface area (Å²) < 4.78 is 37.0. The first-order valence-electron chi connectivity index (χ1n) is 5.46. The minimum absolute atomic E-state index is 0.0532. The zero-order valence-electron chi connectivity index (χ0n) is 9.52. The number of halogens is 4. The molecule has 1 atom stereocenters. The van der Waals surface area contributed by atoms with E-state index in [9.17, 15) is 13.2 Å². The van der Waals surface area contributed by atoms with Gasteiger partial charge in [-0.25, -0.2) is 0 Å². The molecular formula is C12H15F3IN. The van der Waals surface area contributed by atoms with Crippen LogP contribution in [0.3, 0.4) is 0 Å². The molecule has 1 aromatic rings. The molecule has 0 aromatic heterocycles. The van der Waals surface area contributed by atoms with Crippen molar-refractivity contribution in [1.29, 1.82) is 0 Å². The monoisotopic (exact) mass is 357 g/mol. The van der Waals surface area contributed by atoms with Gasteiger partial charge in [0.15, 0.2) is 0 Å². The van der Waals surface area contributed by atoms with Crippen molar-refractivity contribution in [3.8, 4) is 0 Å². The van der Waals surface area contributed by atoms with Crippen LogP contribution in [0.4, 0.5) is 18.9 Å². The van der Waals surface area contributed by atoms with Crippen molar-refractivity contribution in [2.75, 3.05) is 5.32 Å². The smallest absolute Gasteiger partial charge is 0.383 e. The highest BCUT2D eigenvalue weighted by Gasteiger charge is 2.26. The lowest BCUT2D eigenvalue weighted by Gasteiger charge is -2.15. The molecule has 0 heterocycles. The average molecular weight is 357 g/mol. The second-order valence-electron chi connectivity index (χ2n) is 4.06. The Labute approximate surface area is 113 Å². The van der Waals surface area contributed by atoms with Crippen LogP contribution in [-0.4, -0.2) is 12.2 Å². The number of anilines is 1. The first kappa shape index (κ1) is 14.6. The van der Waals surface area contributed by atoms with Crippen LogP contribution >= 0.6 is 22.6 Å². The van der Waals surface area contributed by atoms with Crippen molar-refractivity contribution >= 4 is 28.3 Å². The van der Waals surface area contributed by atoms with Crippen molar-refractivity contribution in [1.82, 2.24) is 0 Å². The number of hydrogen-bond acceptors (Lipinski definition) is 1. The van der Waals surface area contributed by atoms with E-state index in [0.717, 1.165) is 9.26 Å². The van der Waals surface area contributed by atoms with E-state index in [0.29, 0.717) is 6.42 Å². The highest BCUT2D eigenvalue weighted by atomic mass is 127. The van der Waals surface area contributed by atoms with Gasteiger partial charge in [0.25, 0.3) is 0 Å². The maximum atomic E-state index is 12.0. The molecule has 0 aliphatic carbocycles. The predicted octanol–water partition coefficient (Wildman–Crippen LogP) is 4.82. The zero-order valence-corrected chi connectivity index (χ0v) is 11.7. The van der Waals surface area contributed by atoms with Crippen LogP contribution in [0.5, 0.6) is 0 Å². The Balaban J connectivity index is 2.30. The van der Waals surface area contributed by atoms with Crippen molar-refractivity contribution in [2.45, 2.75) is 38.4 Å². The molecule has 0 fully saturated rings. The fourth-order valence-electron chi connectivity index (χ4n) is 1.51. The van der Waals surface area contributed by atoms with Gasteiger partial charge in [0.2, 0.25) is 0 Å². The predicted molar refractivity (Wildman–Crippen MR) is 72.1 cm³/mol. The second-order valence-corrected chi connectivity index (χ2v) is 5.31. The Bertz CT molecular complexity index is 335. The third kappa shape index (κ3) is 6.75. The fraction of sp³-hybridized carbons (Fsp3) is 0.500. The third-order valence-electron chi connectivity index (χ3n) is 2.35. The van der Waals surface area contributed by atoms with Crippen molar-refractivity contribution < 1.29 is 13.2 Å². The summed E-state index contributed by atoms with van der Waals surface area (Å²) in [6, 6.07) is 7.85. The largest absolute Gasteiger partial charge is 0.389 e. The Morgan fingerprint density at radius 2 is 1.82 bits per heavy atom. The van der Waals surface area contributed by atoms with Crippen LogP contribution in [-0.2, 0) is 0 Å². The lowest BCUT2D eigenvalue weighted by Crippen LogP contribution is -2.16. The molecular weight excluding hydrogens is 342 g/mol. The van der Waals surface area contributed by atoms with E-state index in [1.807, 2.05) is 31.2 Å². The molecule has 1 rings (SSSR count). The van der Waals surface area contributed by atoms with Gasteiger partial charge >= 0.3 is 6.18 Å². The SMILES string of the molecule is CC(CCCC(F)(F)F)Nc1ccc(I)cc1. The van der Waals surface area contributed by atoms with Gasteiger partial charge in [0, 0.05) is 21.7 Å². The summed E-state index contributed by atoms with van der Waals surface area (Å²) in [4.78, 5) is 0. The van der Waals surface area contributed by atoms with Gasteiger partial charge in [-0.2, -0.15) is 13.2 Å². The van der Waals surface area contributed by atoms with E-state index in [1.54, 1.807) is 0 Å². The maximum absolute atomic E-state index is 12.0. The molecule has 0 bridgehead atoms. The molecule has 0 spiro atoms. The Morgan fingerprint density at radius 3 is 2.35 bits per heavy atom. The summed E-state index contributed by atoms with van der Waals surface area (Å²) in [5.41, 5.74) is 0.949. The van der Waals surface area contributed by atoms with Gasteiger partial charge < -0.3 is 5.32 Å². The summed E-state index contributed by atoms with van der Waals surface area (Å²) in [5.74, 6) is 0. The van der Waals surface area contributed by atoms with Gasteiger partial charge in [0.1, 0.15) is 0 Å². The first-order chi connectivity index (χ1) is 7.87. The minimum atomic E-state index is -4.04. The molecule has 1 nitrogen and oxygen atoms in total. The molecule has 0 aliphatic rings. The van der Waals surface area contributed by atoms with Gasteiger partial charge in [-0.15, -0.1) is 0 Å². The normalized spacial score (nSPS) is 13.5. The summed E-state index contributed by atoms with van der Waals surface area (Å²) in [6.07, 6.45) is -4.05. The third-order valence-corrected chi connectivity index (χ3v) is 3.07. The van der Waals surface area contributed by atoms with E-state index < -0.39 is 12.6 Å². The van der Waals surface area contributed by atoms with E-state index >= 15 is 0 Å². The molecule has 1 aromatic carbocycles. The molecule has 0 saturated carbocycles. The zero-order chi connectivity index (χ0) is 12.9. The highest BCUT2D eigenvalue weighted by molar-refractivity contribution is 14.1. The van der Waals surface area contributed by atoms with Gasteiger partial charge in [0.05, 0.1) is 0 Å². The Morgan fingerprint density at radius 1 is 1.24 bits per heavy atom. The second kappa shape index (κ2) is 6.47. The molecule has 0 radical (unpaired) electrons. The molecule has 0 saturated heterocycles. The lowest BCUT2D eigenvalue weighted by atomic mass is 10.1. The Hall–Kier alpha value is -0.460. The van der Waals surface area contributed by atoms with E-state index in [4.69, 9.17) is 0 Å². The summed E-state index contributed by atoms with van der Waals surface area (Å²) in [6.45, 7) is 1.90. The summed E-state index contributed by atoms with van der Waals surface area (Å²) in [5, 5.41) is 3.18. The van der Waals surface area contributed by atoms with Gasteiger partial charge in [-0.1, -0.05) is 0 Å². The van der Waals surface area contributed by atoms with Gasteiger partial charge in [-0.05, 0) is 66.6 Å². The van der Waals surface area contributed by atoms with Crippen LogP contribution < -0.4 is 5.32 Å². The average Bonchev–Trinajstić information content (AvgIpc) is 2.19. The topological polar surface area (TPSA) is 12.0 Å². The van der Waals surface area contributed by atoms with Crippen molar-refractivity contribution in [2.24, 2.45) is 0 Å². The minimum Gasteiger partial charge on any atom is -0.383 e. The van der Waals surface area contributed by atoms with Crippen LogP contribution in [0.15, 0.2) is 24.3 Å². The van der Waals surface area contributed by atoms with Crippen LogP contribution in [0, 0.1) is 3.57 Å². The molecule has 1 unspecified atom stereocenters. The van der Waals surface area contributed by atoms with Crippen molar-refractivity contribution in [3.05, 3.63) is 27.8 Å². The van der Waals surface area contributed by atoms with E-state index in [2.05, 4.69) is 27.9 Å². The number of benzene rings is 1. The maximum Gasteiger partial charge on any atom is 0.389 e. The van der Waals surface area contributed by atoms with E-state index in [-0.39, 0.29) is 12.5 Å². The van der Waals surface area contributed by atoms with Crippen LogP contribution in [0.25, 0.3) is 0 Å². The number of alkyl halides is 3. The summed E-state index contributed by atoms with van der Waals surface area (Å²) in [7, 11) is 0. The van der Waals surface area contributed by atoms with E-state index in [1.165, 1.54) is 0 Å². The Kier molecular flexibility index (Phi) is 5.55. The van der Waals surface area contributed by atoms with Crippen LogP contribution in [0.2, 0.25) is 0 Å². The number of hydrogen-bond donors (Lipinski definition) is 1. The molecule has 0 aliphatic heterocycles.